The molecule has 2 heterocycles. The average Bonchev–Trinajstić information content (AvgIpc) is 2.71. The van der Waals surface area contributed by atoms with Gasteiger partial charge in [0.05, 0.1) is 0 Å². The molecule has 6 heteroatoms. The lowest BCUT2D eigenvalue weighted by Crippen LogP contribution is -2.33. The molecule has 1 saturated heterocycles. The van der Waals surface area contributed by atoms with E-state index in [0.717, 1.165) is 4.90 Å². The monoisotopic (exact) mass is 209 g/mol. The summed E-state index contributed by atoms with van der Waals surface area (Å²) < 4.78 is 4.71. The van der Waals surface area contributed by atoms with Crippen molar-refractivity contribution >= 4 is 17.6 Å². The zero-order chi connectivity index (χ0) is 11.0. The molecule has 80 valence electrons. The summed E-state index contributed by atoms with van der Waals surface area (Å²) in [6.45, 7) is 4.16. The van der Waals surface area contributed by atoms with Crippen LogP contribution in [0.1, 0.15) is 12.6 Å². The quantitative estimate of drug-likeness (QED) is 0.675. The van der Waals surface area contributed by atoms with E-state index < -0.39 is 0 Å². The van der Waals surface area contributed by atoms with E-state index in [1.165, 1.54) is 11.2 Å². The van der Waals surface area contributed by atoms with Gasteiger partial charge in [-0.2, -0.15) is 0 Å². The van der Waals surface area contributed by atoms with Crippen molar-refractivity contribution < 1.29 is 14.1 Å². The first-order valence-corrected chi connectivity index (χ1v) is 4.68. The van der Waals surface area contributed by atoms with Crippen LogP contribution in [0.15, 0.2) is 10.8 Å². The summed E-state index contributed by atoms with van der Waals surface area (Å²) in [7, 11) is 0. The summed E-state index contributed by atoms with van der Waals surface area (Å²) in [6.07, 6.45) is 1.31. The number of urea groups is 1. The summed E-state index contributed by atoms with van der Waals surface area (Å²) in [6, 6.07) is -0.311. The number of imide groups is 1. The molecule has 1 aliphatic rings. The fraction of sp³-hybridized carbons (Fsp3) is 0.444. The number of aryl methyl sites for hydroxylation is 1. The van der Waals surface area contributed by atoms with Gasteiger partial charge in [-0.25, -0.2) is 9.69 Å². The largest absolute Gasteiger partial charge is 0.362 e. The van der Waals surface area contributed by atoms with E-state index in [1.54, 1.807) is 6.92 Å². The Kier molecular flexibility index (Phi) is 2.18. The number of carbonyl (C=O) groups excluding carboxylic acids is 2. The Labute approximate surface area is 86.4 Å². The van der Waals surface area contributed by atoms with Crippen molar-refractivity contribution in [3.8, 4) is 0 Å². The van der Waals surface area contributed by atoms with Gasteiger partial charge >= 0.3 is 6.03 Å². The van der Waals surface area contributed by atoms with Crippen molar-refractivity contribution in [2.45, 2.75) is 13.8 Å². The Bertz CT molecular complexity index is 412. The number of carbonyl (C=O) groups is 2. The fourth-order valence-electron chi connectivity index (χ4n) is 1.54. The second-order valence-corrected chi connectivity index (χ2v) is 3.31. The van der Waals surface area contributed by atoms with Gasteiger partial charge in [0.15, 0.2) is 0 Å². The molecule has 15 heavy (non-hydrogen) atoms. The normalized spacial score (nSPS) is 16.7. The van der Waals surface area contributed by atoms with Crippen LogP contribution in [0.5, 0.6) is 0 Å². The minimum Gasteiger partial charge on any atom is -0.362 e. The molecule has 0 bridgehead atoms. The van der Waals surface area contributed by atoms with E-state index in [0.29, 0.717) is 17.9 Å². The van der Waals surface area contributed by atoms with Gasteiger partial charge in [0.25, 0.3) is 5.91 Å². The van der Waals surface area contributed by atoms with Crippen molar-refractivity contribution in [1.82, 2.24) is 10.1 Å². The highest BCUT2D eigenvalue weighted by Gasteiger charge is 2.37. The lowest BCUT2D eigenvalue weighted by atomic mass is 10.3. The Morgan fingerprint density at radius 2 is 2.27 bits per heavy atom. The Hall–Kier alpha value is -1.85. The molecular formula is C9H11N3O3. The molecule has 0 spiro atoms. The minimum atomic E-state index is -0.311. The minimum absolute atomic E-state index is 0.125. The third kappa shape index (κ3) is 1.38. The number of rotatable bonds is 2. The predicted octanol–water partition coefficient (Wildman–Crippen LogP) is 0.772. The van der Waals surface area contributed by atoms with E-state index in [9.17, 15) is 9.59 Å². The molecule has 0 N–H and O–H groups in total. The molecule has 1 fully saturated rings. The Morgan fingerprint density at radius 3 is 2.73 bits per heavy atom. The van der Waals surface area contributed by atoms with Gasteiger partial charge in [-0.15, -0.1) is 0 Å². The van der Waals surface area contributed by atoms with E-state index in [1.807, 2.05) is 6.92 Å². The van der Waals surface area contributed by atoms with Crippen molar-refractivity contribution in [2.24, 2.45) is 0 Å². The molecule has 0 atom stereocenters. The summed E-state index contributed by atoms with van der Waals surface area (Å²) in [5, 5.41) is 3.64. The molecule has 0 radical (unpaired) electrons. The number of likely N-dealkylation sites (N-methyl/N-ethyl adjacent to an activating group) is 1. The van der Waals surface area contributed by atoms with Crippen LogP contribution in [0.3, 0.4) is 0 Å². The Morgan fingerprint density at radius 1 is 1.53 bits per heavy atom. The van der Waals surface area contributed by atoms with Crippen LogP contribution < -0.4 is 4.90 Å². The molecule has 0 unspecified atom stereocenters. The van der Waals surface area contributed by atoms with Gasteiger partial charge < -0.3 is 9.42 Å². The first kappa shape index (κ1) is 9.70. The average molecular weight is 209 g/mol. The van der Waals surface area contributed by atoms with E-state index in [2.05, 4.69) is 5.16 Å². The number of hydrogen-bond acceptors (Lipinski definition) is 4. The molecule has 0 aliphatic carbocycles. The fourth-order valence-corrected chi connectivity index (χ4v) is 1.54. The second-order valence-electron chi connectivity index (χ2n) is 3.31. The van der Waals surface area contributed by atoms with Gasteiger partial charge in [-0.3, -0.25) is 4.79 Å². The first-order chi connectivity index (χ1) is 7.15. The van der Waals surface area contributed by atoms with Crippen LogP contribution >= 0.6 is 0 Å². The number of amides is 3. The van der Waals surface area contributed by atoms with Crippen LogP contribution in [0.2, 0.25) is 0 Å². The molecule has 1 aromatic heterocycles. The van der Waals surface area contributed by atoms with Crippen molar-refractivity contribution in [2.75, 3.05) is 18.0 Å². The first-order valence-electron chi connectivity index (χ1n) is 4.68. The molecule has 2 rings (SSSR count). The van der Waals surface area contributed by atoms with E-state index >= 15 is 0 Å². The van der Waals surface area contributed by atoms with Crippen LogP contribution in [0.25, 0.3) is 0 Å². The van der Waals surface area contributed by atoms with Crippen molar-refractivity contribution in [3.63, 3.8) is 0 Å². The lowest BCUT2D eigenvalue weighted by molar-refractivity contribution is -0.116. The number of hydrogen-bond donors (Lipinski definition) is 0. The maximum absolute atomic E-state index is 11.8. The van der Waals surface area contributed by atoms with Crippen LogP contribution in [-0.4, -0.2) is 35.1 Å². The highest BCUT2D eigenvalue weighted by atomic mass is 16.5. The second kappa shape index (κ2) is 3.38. The highest BCUT2D eigenvalue weighted by molar-refractivity contribution is 6.19. The van der Waals surface area contributed by atoms with Gasteiger partial charge in [-0.1, -0.05) is 5.16 Å². The predicted molar refractivity (Wildman–Crippen MR) is 51.4 cm³/mol. The van der Waals surface area contributed by atoms with Gasteiger partial charge in [0.2, 0.25) is 0 Å². The molecule has 1 aromatic rings. The summed E-state index contributed by atoms with van der Waals surface area (Å²) in [5.41, 5.74) is 0.968. The Balaban J connectivity index is 2.35. The van der Waals surface area contributed by atoms with Gasteiger partial charge in [0, 0.05) is 6.54 Å². The van der Waals surface area contributed by atoms with E-state index in [-0.39, 0.29) is 18.5 Å². The molecule has 1 aliphatic heterocycles. The smallest absolute Gasteiger partial charge is 0.332 e. The number of nitrogens with zero attached hydrogens (tertiary/aromatic N) is 3. The third-order valence-corrected chi connectivity index (χ3v) is 2.38. The number of aromatic nitrogens is 1. The zero-order valence-electron chi connectivity index (χ0n) is 8.56. The van der Waals surface area contributed by atoms with Crippen LogP contribution in [0, 0.1) is 6.92 Å². The molecule has 3 amide bonds. The summed E-state index contributed by atoms with van der Waals surface area (Å²) >= 11 is 0. The molecule has 6 nitrogen and oxygen atoms in total. The molecule has 0 saturated carbocycles. The summed E-state index contributed by atoms with van der Waals surface area (Å²) in [5.74, 6) is -0.242. The highest BCUT2D eigenvalue weighted by Crippen LogP contribution is 2.23. The summed E-state index contributed by atoms with van der Waals surface area (Å²) in [4.78, 5) is 25.9. The maximum Gasteiger partial charge on any atom is 0.332 e. The number of anilines is 1. The van der Waals surface area contributed by atoms with Crippen LogP contribution in [0.4, 0.5) is 10.5 Å². The van der Waals surface area contributed by atoms with Gasteiger partial charge in [0.1, 0.15) is 24.2 Å². The lowest BCUT2D eigenvalue weighted by Gasteiger charge is -2.13. The molecule has 0 aromatic carbocycles. The third-order valence-electron chi connectivity index (χ3n) is 2.38. The topological polar surface area (TPSA) is 66.7 Å². The standard InChI is InChI=1S/C9H11N3O3/c1-3-11-4-8(13)12(9(11)14)7-5-15-10-6(7)2/h5H,3-4H2,1-2H3. The van der Waals surface area contributed by atoms with Crippen molar-refractivity contribution in [1.29, 1.82) is 0 Å². The van der Waals surface area contributed by atoms with E-state index in [4.69, 9.17) is 4.52 Å². The SMILES string of the molecule is CCN1CC(=O)N(c2conc2C)C1=O. The van der Waals surface area contributed by atoms with Gasteiger partial charge in [-0.05, 0) is 13.8 Å². The zero-order valence-corrected chi connectivity index (χ0v) is 8.56. The van der Waals surface area contributed by atoms with Crippen molar-refractivity contribution in [3.05, 3.63) is 12.0 Å². The maximum atomic E-state index is 11.8. The van der Waals surface area contributed by atoms with Crippen LogP contribution in [-0.2, 0) is 4.79 Å². The molecular weight excluding hydrogens is 198 g/mol.